The quantitative estimate of drug-likeness (QED) is 0.612. The van der Waals surface area contributed by atoms with Crippen LogP contribution in [0.4, 0.5) is 14.9 Å². The number of nitrogens with one attached hydrogen (secondary N) is 2. The first-order valence-electron chi connectivity index (χ1n) is 7.13. The van der Waals surface area contributed by atoms with Crippen molar-refractivity contribution in [3.63, 3.8) is 0 Å². The highest BCUT2D eigenvalue weighted by molar-refractivity contribution is 5.94. The van der Waals surface area contributed by atoms with Crippen molar-refractivity contribution >= 4 is 23.6 Å². The Hall–Kier alpha value is -2.64. The van der Waals surface area contributed by atoms with Crippen LogP contribution in [-0.4, -0.2) is 29.6 Å². The Morgan fingerprint density at radius 1 is 1.26 bits per heavy atom. The molecule has 0 spiro atoms. The van der Waals surface area contributed by atoms with E-state index < -0.39 is 29.1 Å². The molecule has 1 aromatic carbocycles. The minimum Gasteiger partial charge on any atom is -0.481 e. The number of carboxylic acid groups (broad SMARTS) is 1. The van der Waals surface area contributed by atoms with Gasteiger partial charge in [0.2, 0.25) is 5.91 Å². The number of rotatable bonds is 7. The van der Waals surface area contributed by atoms with Gasteiger partial charge in [0.05, 0.1) is 11.1 Å². The number of carboxylic acids is 1. The van der Waals surface area contributed by atoms with Crippen LogP contribution in [0.5, 0.6) is 0 Å². The van der Waals surface area contributed by atoms with Crippen LogP contribution in [0.15, 0.2) is 18.2 Å². The molecule has 1 aromatic rings. The molecule has 0 aromatic heterocycles. The van der Waals surface area contributed by atoms with Crippen molar-refractivity contribution in [2.75, 3.05) is 11.9 Å². The Balaban J connectivity index is 2.74. The second kappa shape index (κ2) is 7.57. The van der Waals surface area contributed by atoms with Gasteiger partial charge < -0.3 is 21.5 Å². The van der Waals surface area contributed by atoms with Crippen LogP contribution in [0.2, 0.25) is 0 Å². The van der Waals surface area contributed by atoms with E-state index in [4.69, 9.17) is 5.73 Å². The lowest BCUT2D eigenvalue weighted by molar-refractivity contribution is -0.149. The summed E-state index contributed by atoms with van der Waals surface area (Å²) in [5, 5.41) is 14.0. The molecular formula is C15H20FN3O4. The van der Waals surface area contributed by atoms with Gasteiger partial charge in [-0.15, -0.1) is 0 Å². The van der Waals surface area contributed by atoms with E-state index in [0.29, 0.717) is 12.8 Å². The zero-order valence-electron chi connectivity index (χ0n) is 13.0. The molecule has 0 radical (unpaired) electrons. The highest BCUT2D eigenvalue weighted by atomic mass is 19.1. The second-order valence-electron chi connectivity index (χ2n) is 5.16. The molecule has 0 saturated heterocycles. The summed E-state index contributed by atoms with van der Waals surface area (Å²) in [7, 11) is 0. The normalized spacial score (nSPS) is 10.9. The smallest absolute Gasteiger partial charge is 0.319 e. The molecule has 7 nitrogen and oxygen atoms in total. The summed E-state index contributed by atoms with van der Waals surface area (Å²) in [6, 6.07) is 2.67. The number of halogens is 1. The fourth-order valence-corrected chi connectivity index (χ4v) is 2.06. The van der Waals surface area contributed by atoms with Crippen molar-refractivity contribution in [3.05, 3.63) is 29.6 Å². The maximum Gasteiger partial charge on any atom is 0.319 e. The van der Waals surface area contributed by atoms with Gasteiger partial charge in [-0.1, -0.05) is 13.8 Å². The van der Waals surface area contributed by atoms with E-state index in [1.807, 2.05) is 0 Å². The van der Waals surface area contributed by atoms with Crippen molar-refractivity contribution in [2.45, 2.75) is 26.7 Å². The lowest BCUT2D eigenvalue weighted by Crippen LogP contribution is -2.43. The maximum atomic E-state index is 13.8. The second-order valence-corrected chi connectivity index (χ2v) is 5.16. The van der Waals surface area contributed by atoms with E-state index in [1.165, 1.54) is 12.1 Å². The first-order valence-corrected chi connectivity index (χ1v) is 7.13. The number of hydrogen-bond acceptors (Lipinski definition) is 3. The topological polar surface area (TPSA) is 122 Å². The molecule has 0 unspecified atom stereocenters. The SMILES string of the molecule is CCC(CC)(CNC(=O)Nc1ccc(C(N)=O)cc1F)C(=O)O. The number of carbonyl (C=O) groups excluding carboxylic acids is 2. The van der Waals surface area contributed by atoms with Gasteiger partial charge in [0.25, 0.3) is 0 Å². The van der Waals surface area contributed by atoms with Crippen LogP contribution in [0.25, 0.3) is 0 Å². The van der Waals surface area contributed by atoms with Crippen molar-refractivity contribution in [2.24, 2.45) is 11.1 Å². The summed E-state index contributed by atoms with van der Waals surface area (Å²) in [6.45, 7) is 3.36. The third kappa shape index (κ3) is 4.41. The third-order valence-corrected chi connectivity index (χ3v) is 3.90. The Morgan fingerprint density at radius 2 is 1.87 bits per heavy atom. The van der Waals surface area contributed by atoms with Gasteiger partial charge in [-0.2, -0.15) is 0 Å². The molecule has 0 heterocycles. The molecular weight excluding hydrogens is 305 g/mol. The van der Waals surface area contributed by atoms with Crippen LogP contribution in [-0.2, 0) is 4.79 Å². The standard InChI is InChI=1S/C15H20FN3O4/c1-3-15(4-2,13(21)22)8-18-14(23)19-11-6-5-9(12(17)20)7-10(11)16/h5-7H,3-4,8H2,1-2H3,(H2,17,20)(H,21,22)(H2,18,19,23). The molecule has 3 amide bonds. The molecule has 126 valence electrons. The predicted molar refractivity (Wildman–Crippen MR) is 82.6 cm³/mol. The number of urea groups is 1. The first kappa shape index (κ1) is 18.4. The Kier molecular flexibility index (Phi) is 6.06. The molecule has 0 aliphatic heterocycles. The van der Waals surface area contributed by atoms with E-state index in [-0.39, 0.29) is 17.8 Å². The van der Waals surface area contributed by atoms with E-state index >= 15 is 0 Å². The molecule has 0 atom stereocenters. The van der Waals surface area contributed by atoms with Crippen LogP contribution in [0.1, 0.15) is 37.0 Å². The lowest BCUT2D eigenvalue weighted by Gasteiger charge is -2.26. The summed E-state index contributed by atoms with van der Waals surface area (Å²) in [5.41, 5.74) is 3.81. The zero-order valence-corrected chi connectivity index (χ0v) is 13.0. The van der Waals surface area contributed by atoms with Crippen molar-refractivity contribution in [1.82, 2.24) is 5.32 Å². The number of hydrogen-bond donors (Lipinski definition) is 4. The van der Waals surface area contributed by atoms with Crippen molar-refractivity contribution < 1.29 is 23.9 Å². The first-order chi connectivity index (χ1) is 10.8. The largest absolute Gasteiger partial charge is 0.481 e. The van der Waals surface area contributed by atoms with E-state index in [2.05, 4.69) is 10.6 Å². The van der Waals surface area contributed by atoms with Gasteiger partial charge in [0.1, 0.15) is 5.82 Å². The van der Waals surface area contributed by atoms with E-state index in [0.717, 1.165) is 6.07 Å². The van der Waals surface area contributed by atoms with Crippen LogP contribution < -0.4 is 16.4 Å². The molecule has 0 saturated carbocycles. The maximum absolute atomic E-state index is 13.8. The zero-order chi connectivity index (χ0) is 17.6. The number of primary amides is 1. The number of carbonyl (C=O) groups is 3. The van der Waals surface area contributed by atoms with Gasteiger partial charge >= 0.3 is 12.0 Å². The van der Waals surface area contributed by atoms with Gasteiger partial charge in [0, 0.05) is 12.1 Å². The highest BCUT2D eigenvalue weighted by Gasteiger charge is 2.35. The number of aliphatic carboxylic acids is 1. The van der Waals surface area contributed by atoms with E-state index in [1.54, 1.807) is 13.8 Å². The molecule has 0 bridgehead atoms. The van der Waals surface area contributed by atoms with Crippen LogP contribution >= 0.6 is 0 Å². The summed E-state index contributed by atoms with van der Waals surface area (Å²) in [4.78, 5) is 34.1. The molecule has 1 rings (SSSR count). The van der Waals surface area contributed by atoms with Gasteiger partial charge in [0.15, 0.2) is 0 Å². The number of anilines is 1. The fourth-order valence-electron chi connectivity index (χ4n) is 2.06. The molecule has 5 N–H and O–H groups in total. The summed E-state index contributed by atoms with van der Waals surface area (Å²) in [6.07, 6.45) is 0.696. The number of benzene rings is 1. The molecule has 0 aliphatic carbocycles. The Morgan fingerprint density at radius 3 is 2.30 bits per heavy atom. The average Bonchev–Trinajstić information content (AvgIpc) is 2.50. The monoisotopic (exact) mass is 325 g/mol. The third-order valence-electron chi connectivity index (χ3n) is 3.90. The van der Waals surface area contributed by atoms with Crippen LogP contribution in [0.3, 0.4) is 0 Å². The van der Waals surface area contributed by atoms with Crippen molar-refractivity contribution in [1.29, 1.82) is 0 Å². The number of nitrogens with two attached hydrogens (primary N) is 1. The summed E-state index contributed by atoms with van der Waals surface area (Å²) < 4.78 is 13.8. The summed E-state index contributed by atoms with van der Waals surface area (Å²) in [5.74, 6) is -2.59. The van der Waals surface area contributed by atoms with Gasteiger partial charge in [-0.25, -0.2) is 9.18 Å². The van der Waals surface area contributed by atoms with Crippen LogP contribution in [0, 0.1) is 11.2 Å². The predicted octanol–water partition coefficient (Wildman–Crippen LogP) is 1.94. The van der Waals surface area contributed by atoms with E-state index in [9.17, 15) is 23.9 Å². The summed E-state index contributed by atoms with van der Waals surface area (Å²) >= 11 is 0. The van der Waals surface area contributed by atoms with Gasteiger partial charge in [-0.05, 0) is 31.0 Å². The minimum atomic E-state index is -1.06. The molecule has 23 heavy (non-hydrogen) atoms. The van der Waals surface area contributed by atoms with Crippen molar-refractivity contribution in [3.8, 4) is 0 Å². The van der Waals surface area contributed by atoms with Gasteiger partial charge in [-0.3, -0.25) is 9.59 Å². The Bertz CT molecular complexity index is 615. The lowest BCUT2D eigenvalue weighted by atomic mass is 9.82. The highest BCUT2D eigenvalue weighted by Crippen LogP contribution is 2.25. The molecule has 0 fully saturated rings. The fraction of sp³-hybridized carbons (Fsp3) is 0.400. The Labute approximate surface area is 133 Å². The molecule has 0 aliphatic rings. The number of amides is 3. The minimum absolute atomic E-state index is 0.0182. The molecule has 8 heteroatoms. The average molecular weight is 325 g/mol.